The maximum Gasteiger partial charge on any atom is 0.306 e. The van der Waals surface area contributed by atoms with Crippen LogP contribution in [0, 0.1) is 0 Å². The van der Waals surface area contributed by atoms with Crippen LogP contribution in [-0.2, 0) is 42.9 Å². The summed E-state index contributed by atoms with van der Waals surface area (Å²) < 4.78 is 18.8. The average Bonchev–Trinajstić information content (AvgIpc) is 2.88. The summed E-state index contributed by atoms with van der Waals surface area (Å²) in [4.78, 5) is 63.3. The van der Waals surface area contributed by atoms with Crippen molar-refractivity contribution in [1.29, 1.82) is 0 Å². The Kier molecular flexibility index (Phi) is 18.9. The van der Waals surface area contributed by atoms with Gasteiger partial charge in [-0.1, -0.05) is 0 Å². The summed E-state index contributed by atoms with van der Waals surface area (Å²) in [5.41, 5.74) is 0. The molecule has 0 fully saturated rings. The van der Waals surface area contributed by atoms with E-state index in [-0.39, 0.29) is 62.5 Å². The number of esters is 4. The topological polar surface area (TPSA) is 152 Å². The third-order valence-corrected chi connectivity index (χ3v) is 5.55. The van der Waals surface area contributed by atoms with Gasteiger partial charge in [-0.2, -0.15) is 0 Å². The third-order valence-electron chi connectivity index (χ3n) is 5.55. The minimum atomic E-state index is -0.938. The molecular formula is C23H41N3O10. The largest absolute Gasteiger partial charge is 0.481 e. The van der Waals surface area contributed by atoms with Gasteiger partial charge >= 0.3 is 29.8 Å². The van der Waals surface area contributed by atoms with Crippen molar-refractivity contribution in [2.75, 3.05) is 87.3 Å². The number of rotatable bonds is 21. The number of ether oxygens (including phenoxy) is 4. The lowest BCUT2D eigenvalue weighted by Gasteiger charge is -2.29. The van der Waals surface area contributed by atoms with Gasteiger partial charge in [-0.25, -0.2) is 0 Å². The number of hydrogen-bond donors (Lipinski definition) is 1. The Bertz CT molecular complexity index is 669. The van der Waals surface area contributed by atoms with Gasteiger partial charge in [0.25, 0.3) is 0 Å². The first-order chi connectivity index (χ1) is 17.1. The Morgan fingerprint density at radius 3 is 0.889 bits per heavy atom. The molecule has 0 aliphatic rings. The average molecular weight is 520 g/mol. The van der Waals surface area contributed by atoms with E-state index in [0.29, 0.717) is 52.4 Å². The van der Waals surface area contributed by atoms with Crippen LogP contribution in [0.1, 0.15) is 32.1 Å². The van der Waals surface area contributed by atoms with Crippen molar-refractivity contribution in [2.24, 2.45) is 0 Å². The second-order valence-electron chi connectivity index (χ2n) is 7.97. The van der Waals surface area contributed by atoms with Crippen molar-refractivity contribution < 1.29 is 48.0 Å². The molecule has 0 aromatic rings. The standard InChI is InChI=1S/C23H41N3O10/c1-33-20(29)6-11-24(10-5-19(27)28)15-17-26(14-9-23(32)36-4)18-16-25(12-7-21(30)34-2)13-8-22(31)35-3/h5-18H2,1-4H3,(H,27,28). The summed E-state index contributed by atoms with van der Waals surface area (Å²) in [6, 6.07) is 0. The molecule has 208 valence electrons. The maximum atomic E-state index is 11.7. The van der Waals surface area contributed by atoms with Gasteiger partial charge < -0.3 is 38.8 Å². The predicted octanol–water partition coefficient (Wildman–Crippen LogP) is -0.380. The Balaban J connectivity index is 5.19. The zero-order valence-corrected chi connectivity index (χ0v) is 21.9. The first kappa shape index (κ1) is 33.2. The lowest BCUT2D eigenvalue weighted by Crippen LogP contribution is -2.42. The molecule has 0 saturated carbocycles. The molecule has 0 aliphatic heterocycles. The first-order valence-electron chi connectivity index (χ1n) is 11.8. The van der Waals surface area contributed by atoms with Gasteiger partial charge in [-0.3, -0.25) is 24.0 Å². The molecule has 13 nitrogen and oxygen atoms in total. The second kappa shape index (κ2) is 20.4. The Hall–Kier alpha value is -2.77. The van der Waals surface area contributed by atoms with Crippen LogP contribution in [-0.4, -0.2) is 137 Å². The molecule has 0 aliphatic carbocycles. The van der Waals surface area contributed by atoms with Crippen LogP contribution in [0.2, 0.25) is 0 Å². The fourth-order valence-corrected chi connectivity index (χ4v) is 3.23. The van der Waals surface area contributed by atoms with E-state index in [0.717, 1.165) is 0 Å². The minimum Gasteiger partial charge on any atom is -0.481 e. The zero-order valence-electron chi connectivity index (χ0n) is 21.9. The predicted molar refractivity (Wildman–Crippen MR) is 128 cm³/mol. The zero-order chi connectivity index (χ0) is 27.3. The highest BCUT2D eigenvalue weighted by Crippen LogP contribution is 2.03. The van der Waals surface area contributed by atoms with Gasteiger partial charge in [0, 0.05) is 58.9 Å². The number of methoxy groups -OCH3 is 4. The normalized spacial score (nSPS) is 11.0. The molecule has 0 aromatic carbocycles. The minimum absolute atomic E-state index is 0.0713. The molecule has 0 atom stereocenters. The van der Waals surface area contributed by atoms with Crippen LogP contribution < -0.4 is 0 Å². The van der Waals surface area contributed by atoms with E-state index in [2.05, 4.69) is 4.74 Å². The summed E-state index contributed by atoms with van der Waals surface area (Å²) >= 11 is 0. The van der Waals surface area contributed by atoms with Gasteiger partial charge in [-0.05, 0) is 0 Å². The van der Waals surface area contributed by atoms with Crippen LogP contribution in [0.15, 0.2) is 0 Å². The van der Waals surface area contributed by atoms with Crippen molar-refractivity contribution in [2.45, 2.75) is 32.1 Å². The Morgan fingerprint density at radius 2 is 0.667 bits per heavy atom. The monoisotopic (exact) mass is 519 g/mol. The lowest BCUT2D eigenvalue weighted by molar-refractivity contribution is -0.142. The fraction of sp³-hybridized carbons (Fsp3) is 0.783. The lowest BCUT2D eigenvalue weighted by atomic mass is 10.3. The van der Waals surface area contributed by atoms with Crippen LogP contribution in [0.3, 0.4) is 0 Å². The number of carbonyl (C=O) groups excluding carboxylic acids is 4. The van der Waals surface area contributed by atoms with E-state index in [1.165, 1.54) is 28.4 Å². The number of carboxylic acid groups (broad SMARTS) is 1. The van der Waals surface area contributed by atoms with Gasteiger partial charge in [0.2, 0.25) is 0 Å². The van der Waals surface area contributed by atoms with Gasteiger partial charge in [0.05, 0.1) is 60.5 Å². The highest BCUT2D eigenvalue weighted by molar-refractivity contribution is 5.70. The fourth-order valence-electron chi connectivity index (χ4n) is 3.23. The van der Waals surface area contributed by atoms with E-state index in [9.17, 15) is 24.0 Å². The molecule has 0 bridgehead atoms. The van der Waals surface area contributed by atoms with E-state index in [1.807, 2.05) is 14.7 Å². The molecule has 0 rings (SSSR count). The first-order valence-corrected chi connectivity index (χ1v) is 11.8. The van der Waals surface area contributed by atoms with Gasteiger partial charge in [-0.15, -0.1) is 0 Å². The number of carbonyl (C=O) groups is 5. The second-order valence-corrected chi connectivity index (χ2v) is 7.97. The highest BCUT2D eigenvalue weighted by atomic mass is 16.5. The van der Waals surface area contributed by atoms with Gasteiger partial charge in [0.1, 0.15) is 0 Å². The quantitative estimate of drug-likeness (QED) is 0.155. The SMILES string of the molecule is COC(=O)CCN(CCC(=O)O)CCN(CCC(=O)OC)CCN(CCC(=O)OC)CCC(=O)OC. The van der Waals surface area contributed by atoms with E-state index < -0.39 is 5.97 Å². The summed E-state index contributed by atoms with van der Waals surface area (Å²) in [7, 11) is 5.23. The maximum absolute atomic E-state index is 11.7. The van der Waals surface area contributed by atoms with Crippen molar-refractivity contribution in [3.63, 3.8) is 0 Å². The molecule has 0 amide bonds. The summed E-state index contributed by atoms with van der Waals surface area (Å²) in [5.74, 6) is -2.40. The smallest absolute Gasteiger partial charge is 0.306 e. The molecule has 0 radical (unpaired) electrons. The summed E-state index contributed by atoms with van der Waals surface area (Å²) in [5, 5.41) is 9.04. The van der Waals surface area contributed by atoms with Crippen molar-refractivity contribution in [3.8, 4) is 0 Å². The Morgan fingerprint density at radius 1 is 0.444 bits per heavy atom. The van der Waals surface area contributed by atoms with Gasteiger partial charge in [0.15, 0.2) is 0 Å². The van der Waals surface area contributed by atoms with Crippen LogP contribution in [0.4, 0.5) is 0 Å². The summed E-state index contributed by atoms with van der Waals surface area (Å²) in [6.07, 6.45) is 0.552. The molecule has 0 aromatic heterocycles. The highest BCUT2D eigenvalue weighted by Gasteiger charge is 2.17. The molecule has 0 saturated heterocycles. The molecule has 13 heteroatoms. The van der Waals surface area contributed by atoms with E-state index >= 15 is 0 Å². The van der Waals surface area contributed by atoms with Crippen LogP contribution >= 0.6 is 0 Å². The third kappa shape index (κ3) is 17.6. The van der Waals surface area contributed by atoms with E-state index in [1.54, 1.807) is 0 Å². The molecule has 36 heavy (non-hydrogen) atoms. The molecule has 1 N–H and O–H groups in total. The number of carboxylic acids is 1. The molecule has 0 unspecified atom stereocenters. The Labute approximate surface area is 212 Å². The number of nitrogens with zero attached hydrogens (tertiary/aromatic N) is 3. The van der Waals surface area contributed by atoms with Crippen molar-refractivity contribution >= 4 is 29.8 Å². The molecule has 0 heterocycles. The number of hydrogen-bond acceptors (Lipinski definition) is 12. The van der Waals surface area contributed by atoms with Crippen LogP contribution in [0.5, 0.6) is 0 Å². The van der Waals surface area contributed by atoms with Crippen molar-refractivity contribution in [1.82, 2.24) is 14.7 Å². The summed E-state index contributed by atoms with van der Waals surface area (Å²) in [6.45, 7) is 3.77. The van der Waals surface area contributed by atoms with Crippen molar-refractivity contribution in [3.05, 3.63) is 0 Å². The molecule has 0 spiro atoms. The molecular weight excluding hydrogens is 478 g/mol. The number of aliphatic carboxylic acids is 1. The van der Waals surface area contributed by atoms with Crippen LogP contribution in [0.25, 0.3) is 0 Å². The van der Waals surface area contributed by atoms with E-state index in [4.69, 9.17) is 19.3 Å².